The lowest BCUT2D eigenvalue weighted by atomic mass is 10.1. The van der Waals surface area contributed by atoms with Crippen molar-refractivity contribution in [2.24, 2.45) is 0 Å². The van der Waals surface area contributed by atoms with Crippen LogP contribution in [-0.2, 0) is 4.79 Å². The smallest absolute Gasteiger partial charge is 0.186 e. The van der Waals surface area contributed by atoms with Gasteiger partial charge in [0.2, 0.25) is 0 Å². The predicted octanol–water partition coefficient (Wildman–Crippen LogP) is 4.24. The van der Waals surface area contributed by atoms with Crippen LogP contribution >= 0.6 is 35.0 Å². The quantitative estimate of drug-likeness (QED) is 0.815. The summed E-state index contributed by atoms with van der Waals surface area (Å²) in [4.78, 5) is 13.3. The monoisotopic (exact) mass is 303 g/mol. The van der Waals surface area contributed by atoms with Gasteiger partial charge in [0, 0.05) is 30.3 Å². The van der Waals surface area contributed by atoms with Gasteiger partial charge in [0.05, 0.1) is 10.7 Å². The summed E-state index contributed by atoms with van der Waals surface area (Å²) in [6.07, 6.45) is 2.01. The number of thioether (sulfide) groups is 1. The Hall–Kier alpha value is -0.380. The maximum atomic E-state index is 11.1. The molecule has 0 aliphatic carbocycles. The van der Waals surface area contributed by atoms with Crippen LogP contribution < -0.4 is 4.90 Å². The maximum Gasteiger partial charge on any atom is 0.186 e. The van der Waals surface area contributed by atoms with Crippen LogP contribution in [0.2, 0.25) is 10.0 Å². The lowest BCUT2D eigenvalue weighted by Crippen LogP contribution is -2.35. The van der Waals surface area contributed by atoms with Gasteiger partial charge < -0.3 is 4.90 Å². The molecule has 0 aromatic heterocycles. The van der Waals surface area contributed by atoms with E-state index in [9.17, 15) is 4.79 Å². The average molecular weight is 304 g/mol. The first-order chi connectivity index (χ1) is 8.56. The minimum Gasteiger partial charge on any atom is -0.370 e. The summed E-state index contributed by atoms with van der Waals surface area (Å²) in [5.74, 6) is 0. The minimum atomic E-state index is 0.203. The van der Waals surface area contributed by atoms with Gasteiger partial charge in [0.1, 0.15) is 0 Å². The maximum absolute atomic E-state index is 11.1. The molecule has 0 amide bonds. The molecule has 2 nitrogen and oxygen atoms in total. The lowest BCUT2D eigenvalue weighted by Gasteiger charge is -2.33. The third-order valence-corrected chi connectivity index (χ3v) is 4.71. The molecule has 0 unspecified atom stereocenters. The third-order valence-electron chi connectivity index (χ3n) is 3.02. The number of rotatable bonds is 2. The van der Waals surface area contributed by atoms with Crippen LogP contribution in [0.25, 0.3) is 0 Å². The Labute approximate surface area is 122 Å². The summed E-state index contributed by atoms with van der Waals surface area (Å²) in [6, 6.07) is 5.53. The second kappa shape index (κ2) is 6.18. The van der Waals surface area contributed by atoms with Gasteiger partial charge in [-0.05, 0) is 31.0 Å². The van der Waals surface area contributed by atoms with E-state index < -0.39 is 0 Å². The van der Waals surface area contributed by atoms with E-state index in [2.05, 4.69) is 4.90 Å². The van der Waals surface area contributed by atoms with Crippen molar-refractivity contribution in [3.63, 3.8) is 0 Å². The molecular weight excluding hydrogens is 289 g/mol. The number of piperidine rings is 1. The highest BCUT2D eigenvalue weighted by Gasteiger charge is 2.22. The van der Waals surface area contributed by atoms with E-state index >= 15 is 0 Å². The molecule has 1 aromatic rings. The van der Waals surface area contributed by atoms with Gasteiger partial charge in [-0.2, -0.15) is 0 Å². The average Bonchev–Trinajstić information content (AvgIpc) is 2.33. The molecule has 1 aliphatic rings. The Bertz CT molecular complexity index is 445. The molecule has 18 heavy (non-hydrogen) atoms. The van der Waals surface area contributed by atoms with Gasteiger partial charge in [0.25, 0.3) is 0 Å². The number of hydrogen-bond acceptors (Lipinski definition) is 3. The van der Waals surface area contributed by atoms with E-state index in [-0.39, 0.29) is 5.12 Å². The highest BCUT2D eigenvalue weighted by Crippen LogP contribution is 2.33. The molecule has 0 radical (unpaired) electrons. The predicted molar refractivity (Wildman–Crippen MR) is 80.0 cm³/mol. The van der Waals surface area contributed by atoms with Crippen LogP contribution in [0.15, 0.2) is 18.2 Å². The first kappa shape index (κ1) is 14.0. The van der Waals surface area contributed by atoms with Crippen LogP contribution in [0, 0.1) is 0 Å². The highest BCUT2D eigenvalue weighted by atomic mass is 35.5. The van der Waals surface area contributed by atoms with Crippen molar-refractivity contribution in [2.45, 2.75) is 25.0 Å². The SMILES string of the molecule is CC(=O)SC1CCN(c2cc(Cl)ccc2Cl)CC1. The van der Waals surface area contributed by atoms with E-state index in [1.165, 1.54) is 11.8 Å². The van der Waals surface area contributed by atoms with Crippen LogP contribution in [-0.4, -0.2) is 23.5 Å². The summed E-state index contributed by atoms with van der Waals surface area (Å²) in [5, 5.41) is 2.08. The number of nitrogens with zero attached hydrogens (tertiary/aromatic N) is 1. The molecule has 1 fully saturated rings. The Balaban J connectivity index is 2.01. The summed E-state index contributed by atoms with van der Waals surface area (Å²) in [6.45, 7) is 3.47. The molecule has 0 atom stereocenters. The zero-order valence-electron chi connectivity index (χ0n) is 10.2. The third kappa shape index (κ3) is 3.56. The molecule has 1 heterocycles. The molecule has 1 aromatic carbocycles. The number of anilines is 1. The van der Waals surface area contributed by atoms with Gasteiger partial charge in [-0.15, -0.1) is 0 Å². The van der Waals surface area contributed by atoms with Crippen molar-refractivity contribution in [2.75, 3.05) is 18.0 Å². The molecule has 1 saturated heterocycles. The van der Waals surface area contributed by atoms with E-state index in [4.69, 9.17) is 23.2 Å². The summed E-state index contributed by atoms with van der Waals surface area (Å²) in [7, 11) is 0. The van der Waals surface area contributed by atoms with Gasteiger partial charge in [-0.1, -0.05) is 35.0 Å². The van der Waals surface area contributed by atoms with Gasteiger partial charge >= 0.3 is 0 Å². The molecule has 5 heteroatoms. The van der Waals surface area contributed by atoms with Crippen LogP contribution in [0.1, 0.15) is 19.8 Å². The summed E-state index contributed by atoms with van der Waals surface area (Å²) >= 11 is 13.6. The Morgan fingerprint density at radius 1 is 1.33 bits per heavy atom. The van der Waals surface area contributed by atoms with Crippen molar-refractivity contribution in [3.05, 3.63) is 28.2 Å². The second-order valence-electron chi connectivity index (χ2n) is 4.39. The molecule has 0 spiro atoms. The van der Waals surface area contributed by atoms with Gasteiger partial charge in [-0.25, -0.2) is 0 Å². The van der Waals surface area contributed by atoms with Crippen LogP contribution in [0.4, 0.5) is 5.69 Å². The number of hydrogen-bond donors (Lipinski definition) is 0. The van der Waals surface area contributed by atoms with E-state index in [0.29, 0.717) is 10.3 Å². The standard InChI is InChI=1S/C13H15Cl2NOS/c1-9(17)18-11-4-6-16(7-5-11)13-8-10(14)2-3-12(13)15/h2-3,8,11H,4-7H2,1H3. The molecule has 0 saturated carbocycles. The molecule has 98 valence electrons. The molecular formula is C13H15Cl2NOS. The Kier molecular flexibility index (Phi) is 4.82. The fraction of sp³-hybridized carbons (Fsp3) is 0.462. The fourth-order valence-electron chi connectivity index (χ4n) is 2.18. The van der Waals surface area contributed by atoms with E-state index in [0.717, 1.165) is 36.6 Å². The Morgan fingerprint density at radius 2 is 2.00 bits per heavy atom. The molecule has 1 aliphatic heterocycles. The first-order valence-electron chi connectivity index (χ1n) is 5.93. The zero-order chi connectivity index (χ0) is 13.1. The highest BCUT2D eigenvalue weighted by molar-refractivity contribution is 8.14. The minimum absolute atomic E-state index is 0.203. The normalized spacial score (nSPS) is 16.9. The molecule has 0 N–H and O–H groups in total. The number of halogens is 2. The van der Waals surface area contributed by atoms with Crippen molar-refractivity contribution in [1.82, 2.24) is 0 Å². The summed E-state index contributed by atoms with van der Waals surface area (Å²) < 4.78 is 0. The first-order valence-corrected chi connectivity index (χ1v) is 7.57. The largest absolute Gasteiger partial charge is 0.370 e. The van der Waals surface area contributed by atoms with Crippen molar-refractivity contribution in [3.8, 4) is 0 Å². The van der Waals surface area contributed by atoms with Gasteiger partial charge in [0.15, 0.2) is 5.12 Å². The number of benzene rings is 1. The molecule has 0 bridgehead atoms. The Morgan fingerprint density at radius 3 is 2.61 bits per heavy atom. The zero-order valence-corrected chi connectivity index (χ0v) is 12.5. The number of carbonyl (C=O) groups is 1. The topological polar surface area (TPSA) is 20.3 Å². The van der Waals surface area contributed by atoms with Crippen molar-refractivity contribution < 1.29 is 4.79 Å². The van der Waals surface area contributed by atoms with Gasteiger partial charge in [-0.3, -0.25) is 4.79 Å². The van der Waals surface area contributed by atoms with E-state index in [1.54, 1.807) is 13.0 Å². The number of carbonyl (C=O) groups excluding carboxylic acids is 1. The second-order valence-corrected chi connectivity index (χ2v) is 6.71. The van der Waals surface area contributed by atoms with Crippen molar-refractivity contribution in [1.29, 1.82) is 0 Å². The lowest BCUT2D eigenvalue weighted by molar-refractivity contribution is -0.109. The fourth-order valence-corrected chi connectivity index (χ4v) is 3.50. The molecule has 2 rings (SSSR count). The van der Waals surface area contributed by atoms with Crippen LogP contribution in [0.5, 0.6) is 0 Å². The summed E-state index contributed by atoms with van der Waals surface area (Å²) in [5.41, 5.74) is 0.996. The van der Waals surface area contributed by atoms with Crippen molar-refractivity contribution >= 4 is 45.8 Å². The van der Waals surface area contributed by atoms with Crippen LogP contribution in [0.3, 0.4) is 0 Å². The van der Waals surface area contributed by atoms with E-state index in [1.807, 2.05) is 12.1 Å².